The molecule has 0 saturated heterocycles. The van der Waals surface area contributed by atoms with Crippen LogP contribution in [0.25, 0.3) is 11.0 Å². The molecule has 3 aromatic carbocycles. The molecule has 5 nitrogen and oxygen atoms in total. The fourth-order valence-electron chi connectivity index (χ4n) is 2.68. The Morgan fingerprint density at radius 3 is 2.37 bits per heavy atom. The average Bonchev–Trinajstić information content (AvgIpc) is 2.73. The number of nitrogens with zero attached hydrogens (tertiary/aromatic N) is 2. The van der Waals surface area contributed by atoms with E-state index in [1.165, 1.54) is 0 Å². The van der Waals surface area contributed by atoms with Crippen molar-refractivity contribution in [2.45, 2.75) is 6.61 Å². The summed E-state index contributed by atoms with van der Waals surface area (Å²) in [6.07, 6.45) is 3.27. The van der Waals surface area contributed by atoms with Gasteiger partial charge in [-0.1, -0.05) is 30.3 Å². The SMILES string of the molecule is O=C(Nc1ccc2nccnc2c1)c1ccc(COc2ccccc2)cc1. The van der Waals surface area contributed by atoms with E-state index in [0.717, 1.165) is 22.3 Å². The summed E-state index contributed by atoms with van der Waals surface area (Å²) < 4.78 is 5.72. The van der Waals surface area contributed by atoms with Gasteiger partial charge in [0.25, 0.3) is 5.91 Å². The van der Waals surface area contributed by atoms with Crippen LogP contribution >= 0.6 is 0 Å². The van der Waals surface area contributed by atoms with Gasteiger partial charge in [-0.25, -0.2) is 0 Å². The van der Waals surface area contributed by atoms with Crippen LogP contribution in [0.3, 0.4) is 0 Å². The number of aromatic nitrogens is 2. The van der Waals surface area contributed by atoms with E-state index < -0.39 is 0 Å². The molecule has 0 bridgehead atoms. The highest BCUT2D eigenvalue weighted by atomic mass is 16.5. The van der Waals surface area contributed by atoms with Gasteiger partial charge in [-0.05, 0) is 48.0 Å². The minimum Gasteiger partial charge on any atom is -0.489 e. The number of carbonyl (C=O) groups excluding carboxylic acids is 1. The van der Waals surface area contributed by atoms with E-state index in [1.54, 1.807) is 24.5 Å². The minimum absolute atomic E-state index is 0.172. The molecule has 4 rings (SSSR count). The Morgan fingerprint density at radius 2 is 1.59 bits per heavy atom. The monoisotopic (exact) mass is 355 g/mol. The number of para-hydroxylation sites is 1. The molecule has 27 heavy (non-hydrogen) atoms. The van der Waals surface area contributed by atoms with E-state index in [-0.39, 0.29) is 5.91 Å². The number of ether oxygens (including phenoxy) is 1. The van der Waals surface area contributed by atoms with Gasteiger partial charge in [0.15, 0.2) is 0 Å². The first-order chi connectivity index (χ1) is 13.3. The Kier molecular flexibility index (Phi) is 4.74. The largest absolute Gasteiger partial charge is 0.489 e. The summed E-state index contributed by atoms with van der Waals surface area (Å²) in [5.74, 6) is 0.646. The molecular formula is C22H17N3O2. The summed E-state index contributed by atoms with van der Waals surface area (Å²) in [7, 11) is 0. The van der Waals surface area contributed by atoms with Crippen molar-refractivity contribution in [3.05, 3.63) is 96.3 Å². The van der Waals surface area contributed by atoms with Crippen LogP contribution in [-0.2, 0) is 6.61 Å². The van der Waals surface area contributed by atoms with Gasteiger partial charge in [-0.2, -0.15) is 0 Å². The highest BCUT2D eigenvalue weighted by Crippen LogP contribution is 2.17. The average molecular weight is 355 g/mol. The molecule has 0 aliphatic carbocycles. The Morgan fingerprint density at radius 1 is 0.852 bits per heavy atom. The van der Waals surface area contributed by atoms with Crippen molar-refractivity contribution in [3.63, 3.8) is 0 Å². The molecule has 0 aliphatic rings. The lowest BCUT2D eigenvalue weighted by Gasteiger charge is -2.08. The third-order valence-corrected chi connectivity index (χ3v) is 4.09. The molecule has 0 spiro atoms. The number of fused-ring (bicyclic) bond motifs is 1. The first-order valence-corrected chi connectivity index (χ1v) is 8.57. The van der Waals surface area contributed by atoms with Crippen LogP contribution in [0.5, 0.6) is 5.75 Å². The first kappa shape index (κ1) is 16.7. The molecule has 132 valence electrons. The summed E-state index contributed by atoms with van der Waals surface area (Å²) in [5, 5.41) is 2.89. The van der Waals surface area contributed by atoms with E-state index in [9.17, 15) is 4.79 Å². The van der Waals surface area contributed by atoms with Gasteiger partial charge in [0, 0.05) is 23.6 Å². The lowest BCUT2D eigenvalue weighted by molar-refractivity contribution is 0.102. The van der Waals surface area contributed by atoms with Gasteiger partial charge >= 0.3 is 0 Å². The highest BCUT2D eigenvalue weighted by molar-refractivity contribution is 6.04. The Labute approximate surface area is 156 Å². The molecule has 0 saturated carbocycles. The van der Waals surface area contributed by atoms with Gasteiger partial charge in [0.1, 0.15) is 12.4 Å². The van der Waals surface area contributed by atoms with E-state index in [2.05, 4.69) is 15.3 Å². The second-order valence-corrected chi connectivity index (χ2v) is 6.01. The number of carbonyl (C=O) groups is 1. The number of benzene rings is 3. The van der Waals surface area contributed by atoms with Crippen molar-refractivity contribution in [1.29, 1.82) is 0 Å². The molecule has 4 aromatic rings. The van der Waals surface area contributed by atoms with E-state index in [4.69, 9.17) is 4.74 Å². The van der Waals surface area contributed by atoms with E-state index >= 15 is 0 Å². The van der Waals surface area contributed by atoms with Crippen LogP contribution < -0.4 is 10.1 Å². The Hall–Kier alpha value is -3.73. The van der Waals surface area contributed by atoms with Crippen LogP contribution in [0.4, 0.5) is 5.69 Å². The zero-order valence-corrected chi connectivity index (χ0v) is 14.5. The number of amides is 1. The molecule has 1 N–H and O–H groups in total. The molecule has 1 heterocycles. The van der Waals surface area contributed by atoms with Crippen molar-refractivity contribution in [2.75, 3.05) is 5.32 Å². The summed E-state index contributed by atoms with van der Waals surface area (Å²) >= 11 is 0. The van der Waals surface area contributed by atoms with Gasteiger partial charge in [0.05, 0.1) is 11.0 Å². The van der Waals surface area contributed by atoms with Crippen LogP contribution in [0.1, 0.15) is 15.9 Å². The molecule has 0 aliphatic heterocycles. The number of hydrogen-bond donors (Lipinski definition) is 1. The topological polar surface area (TPSA) is 64.1 Å². The summed E-state index contributed by atoms with van der Waals surface area (Å²) in [6, 6.07) is 22.5. The number of nitrogens with one attached hydrogen (secondary N) is 1. The zero-order valence-electron chi connectivity index (χ0n) is 14.5. The predicted molar refractivity (Wildman–Crippen MR) is 105 cm³/mol. The maximum Gasteiger partial charge on any atom is 0.255 e. The minimum atomic E-state index is -0.172. The molecule has 0 radical (unpaired) electrons. The molecule has 0 unspecified atom stereocenters. The molecular weight excluding hydrogens is 338 g/mol. The third-order valence-electron chi connectivity index (χ3n) is 4.09. The maximum absolute atomic E-state index is 12.5. The Bertz CT molecular complexity index is 1060. The molecule has 1 aromatic heterocycles. The second-order valence-electron chi connectivity index (χ2n) is 6.01. The lowest BCUT2D eigenvalue weighted by atomic mass is 10.1. The van der Waals surface area contributed by atoms with Crippen LogP contribution in [0.15, 0.2) is 85.2 Å². The van der Waals surface area contributed by atoms with Crippen LogP contribution in [0.2, 0.25) is 0 Å². The standard InChI is InChI=1S/C22H17N3O2/c26-22(25-18-10-11-20-21(14-18)24-13-12-23-20)17-8-6-16(7-9-17)15-27-19-4-2-1-3-5-19/h1-14H,15H2,(H,25,26). The van der Waals surface area contributed by atoms with Crippen molar-refractivity contribution < 1.29 is 9.53 Å². The normalized spacial score (nSPS) is 10.5. The van der Waals surface area contributed by atoms with Crippen LogP contribution in [0, 0.1) is 0 Å². The highest BCUT2D eigenvalue weighted by Gasteiger charge is 2.07. The smallest absolute Gasteiger partial charge is 0.255 e. The third kappa shape index (κ3) is 4.10. The fourth-order valence-corrected chi connectivity index (χ4v) is 2.68. The van der Waals surface area contributed by atoms with Crippen molar-refractivity contribution in [2.24, 2.45) is 0 Å². The molecule has 1 amide bonds. The maximum atomic E-state index is 12.5. The van der Waals surface area contributed by atoms with Gasteiger partial charge < -0.3 is 10.1 Å². The lowest BCUT2D eigenvalue weighted by Crippen LogP contribution is -2.12. The predicted octanol–water partition coefficient (Wildman–Crippen LogP) is 4.46. The zero-order chi connectivity index (χ0) is 18.5. The summed E-state index contributed by atoms with van der Waals surface area (Å²) in [5.41, 5.74) is 3.79. The van der Waals surface area contributed by atoms with Gasteiger partial charge in [-0.3, -0.25) is 14.8 Å². The van der Waals surface area contributed by atoms with Crippen molar-refractivity contribution >= 4 is 22.6 Å². The fraction of sp³-hybridized carbons (Fsp3) is 0.0455. The van der Waals surface area contributed by atoms with E-state index in [1.807, 2.05) is 60.7 Å². The van der Waals surface area contributed by atoms with Crippen molar-refractivity contribution in [1.82, 2.24) is 9.97 Å². The molecule has 0 fully saturated rings. The number of anilines is 1. The van der Waals surface area contributed by atoms with Crippen molar-refractivity contribution in [3.8, 4) is 5.75 Å². The number of rotatable bonds is 5. The quantitative estimate of drug-likeness (QED) is 0.574. The molecule has 5 heteroatoms. The van der Waals surface area contributed by atoms with Crippen LogP contribution in [-0.4, -0.2) is 15.9 Å². The van der Waals surface area contributed by atoms with Gasteiger partial charge in [0.2, 0.25) is 0 Å². The summed E-state index contributed by atoms with van der Waals surface area (Å²) in [6.45, 7) is 0.454. The second kappa shape index (κ2) is 7.66. The van der Waals surface area contributed by atoms with E-state index in [0.29, 0.717) is 17.9 Å². The Balaban J connectivity index is 1.41. The van der Waals surface area contributed by atoms with Gasteiger partial charge in [-0.15, -0.1) is 0 Å². The summed E-state index contributed by atoms with van der Waals surface area (Å²) in [4.78, 5) is 20.9. The number of hydrogen-bond acceptors (Lipinski definition) is 4. The first-order valence-electron chi connectivity index (χ1n) is 8.57. The molecule has 0 atom stereocenters.